The fourth-order valence-electron chi connectivity index (χ4n) is 8.76. The van der Waals surface area contributed by atoms with Crippen LogP contribution >= 0.6 is 0 Å². The molecule has 8 atom stereocenters. The van der Waals surface area contributed by atoms with E-state index < -0.39 is 5.79 Å². The number of Topliss-reactive ketones (excluding diaryl/α,β-unsaturated/α-hetero) is 1. The van der Waals surface area contributed by atoms with E-state index in [1.165, 1.54) is 30.5 Å². The maximum Gasteiger partial charge on any atom is 0.169 e. The van der Waals surface area contributed by atoms with Gasteiger partial charge in [-0.25, -0.2) is 4.39 Å². The lowest BCUT2D eigenvalue weighted by Crippen LogP contribution is -2.55. The molecule has 1 aromatic carbocycles. The van der Waals surface area contributed by atoms with Crippen molar-refractivity contribution in [1.82, 2.24) is 0 Å². The topological polar surface area (TPSA) is 46.5 Å². The fraction of sp³-hybridized carbons (Fsp3) is 0.700. The van der Waals surface area contributed by atoms with Gasteiger partial charge in [-0.2, -0.15) is 0 Å². The maximum atomic E-state index is 13.2. The standard InChI is InChI=1S/C30H41FO3/c1-5-21-16-22-17-30(33,34-18-20-6-8-23(31)9-7-20)15-14-28(22,3)26-12-13-29(4)24(19(2)32)10-11-25(29)27(21)26/h6-9,16,21,24-27,33H,5,10-15,17-18H2,1-4H3/t21?,24-,25?,26?,27?,28+,29-,30+/m1/s1. The molecule has 4 aliphatic rings. The summed E-state index contributed by atoms with van der Waals surface area (Å²) in [6, 6.07) is 6.32. The smallest absolute Gasteiger partial charge is 0.169 e. The van der Waals surface area contributed by atoms with Gasteiger partial charge in [-0.05, 0) is 97.6 Å². The van der Waals surface area contributed by atoms with Crippen molar-refractivity contribution >= 4 is 5.78 Å². The Morgan fingerprint density at radius 3 is 2.50 bits per heavy atom. The number of aliphatic hydroxyl groups is 1. The van der Waals surface area contributed by atoms with Crippen LogP contribution in [0.15, 0.2) is 35.9 Å². The molecule has 4 aliphatic carbocycles. The zero-order valence-electron chi connectivity index (χ0n) is 21.3. The molecule has 4 unspecified atom stereocenters. The van der Waals surface area contributed by atoms with Crippen molar-refractivity contribution in [3.8, 4) is 0 Å². The van der Waals surface area contributed by atoms with Crippen molar-refractivity contribution in [3.05, 3.63) is 47.3 Å². The van der Waals surface area contributed by atoms with Gasteiger partial charge in [0.2, 0.25) is 0 Å². The summed E-state index contributed by atoms with van der Waals surface area (Å²) in [5.74, 6) is 1.56. The van der Waals surface area contributed by atoms with E-state index in [4.69, 9.17) is 4.74 Å². The second kappa shape index (κ2) is 8.55. The molecule has 186 valence electrons. The van der Waals surface area contributed by atoms with Crippen LogP contribution in [0.2, 0.25) is 0 Å². The molecule has 5 rings (SSSR count). The fourth-order valence-corrected chi connectivity index (χ4v) is 8.76. The first kappa shape index (κ1) is 24.2. The Labute approximate surface area is 204 Å². The SMILES string of the molecule is CCC1C=C2C[C@@](O)(OCc3ccc(F)cc3)CC[C@]2(C)C2CC[C@@]3(C)C(CC[C@@H]3C(C)=O)C12. The Kier molecular flexibility index (Phi) is 6.08. The van der Waals surface area contributed by atoms with E-state index in [0.717, 1.165) is 31.2 Å². The minimum atomic E-state index is -1.17. The van der Waals surface area contributed by atoms with E-state index in [2.05, 4.69) is 26.8 Å². The van der Waals surface area contributed by atoms with Crippen molar-refractivity contribution in [1.29, 1.82) is 0 Å². The molecule has 0 saturated heterocycles. The molecular formula is C30H41FO3. The van der Waals surface area contributed by atoms with Crippen LogP contribution in [0.5, 0.6) is 0 Å². The summed E-state index contributed by atoms with van der Waals surface area (Å²) in [5, 5.41) is 11.4. The maximum absolute atomic E-state index is 13.2. The molecule has 1 aromatic rings. The van der Waals surface area contributed by atoms with E-state index in [1.807, 2.05) is 0 Å². The average Bonchev–Trinajstić information content (AvgIpc) is 3.16. The van der Waals surface area contributed by atoms with E-state index in [-0.39, 0.29) is 29.2 Å². The molecule has 0 bridgehead atoms. The second-order valence-electron chi connectivity index (χ2n) is 12.3. The molecule has 0 aliphatic heterocycles. The van der Waals surface area contributed by atoms with Gasteiger partial charge < -0.3 is 9.84 Å². The molecular weight excluding hydrogens is 427 g/mol. The summed E-state index contributed by atoms with van der Waals surface area (Å²) in [7, 11) is 0. The summed E-state index contributed by atoms with van der Waals surface area (Å²) in [6.45, 7) is 9.23. The third-order valence-electron chi connectivity index (χ3n) is 10.7. The Bertz CT molecular complexity index is 970. The van der Waals surface area contributed by atoms with E-state index in [0.29, 0.717) is 42.3 Å². The van der Waals surface area contributed by atoms with Crippen molar-refractivity contribution in [3.63, 3.8) is 0 Å². The Morgan fingerprint density at radius 2 is 1.82 bits per heavy atom. The molecule has 0 radical (unpaired) electrons. The molecule has 0 heterocycles. The molecule has 34 heavy (non-hydrogen) atoms. The molecule has 1 N–H and O–H groups in total. The zero-order chi connectivity index (χ0) is 24.3. The number of ether oxygens (including phenoxy) is 1. The van der Waals surface area contributed by atoms with Gasteiger partial charge in [0.15, 0.2) is 5.79 Å². The number of allylic oxidation sites excluding steroid dienone is 1. The average molecular weight is 469 g/mol. The highest BCUT2D eigenvalue weighted by Gasteiger charge is 2.61. The van der Waals surface area contributed by atoms with Gasteiger partial charge in [-0.1, -0.05) is 44.6 Å². The van der Waals surface area contributed by atoms with Gasteiger partial charge in [0.05, 0.1) is 6.61 Å². The summed E-state index contributed by atoms with van der Waals surface area (Å²) >= 11 is 0. The largest absolute Gasteiger partial charge is 0.365 e. The van der Waals surface area contributed by atoms with Crippen LogP contribution < -0.4 is 0 Å². The van der Waals surface area contributed by atoms with Crippen LogP contribution in [0.1, 0.15) is 84.6 Å². The number of hydrogen-bond acceptors (Lipinski definition) is 3. The number of hydrogen-bond donors (Lipinski definition) is 1. The van der Waals surface area contributed by atoms with E-state index in [1.54, 1.807) is 19.1 Å². The predicted octanol–water partition coefficient (Wildman–Crippen LogP) is 6.84. The Hall–Kier alpha value is -1.52. The van der Waals surface area contributed by atoms with E-state index >= 15 is 0 Å². The first-order valence-electron chi connectivity index (χ1n) is 13.4. The van der Waals surface area contributed by atoms with Gasteiger partial charge in [0, 0.05) is 18.8 Å². The van der Waals surface area contributed by atoms with Crippen LogP contribution in [0.4, 0.5) is 4.39 Å². The molecule has 0 spiro atoms. The lowest BCUT2D eigenvalue weighted by molar-refractivity contribution is -0.232. The van der Waals surface area contributed by atoms with Crippen LogP contribution in [0.3, 0.4) is 0 Å². The zero-order valence-corrected chi connectivity index (χ0v) is 21.3. The monoisotopic (exact) mass is 468 g/mol. The quantitative estimate of drug-likeness (QED) is 0.380. The normalized spacial score (nSPS) is 43.5. The minimum absolute atomic E-state index is 0.0947. The third kappa shape index (κ3) is 3.80. The minimum Gasteiger partial charge on any atom is -0.365 e. The molecule has 3 fully saturated rings. The lowest BCUT2D eigenvalue weighted by atomic mass is 9.45. The highest BCUT2D eigenvalue weighted by molar-refractivity contribution is 5.79. The number of ketones is 1. The molecule has 4 heteroatoms. The highest BCUT2D eigenvalue weighted by atomic mass is 19.1. The summed E-state index contributed by atoms with van der Waals surface area (Å²) in [6.07, 6.45) is 10.3. The van der Waals surface area contributed by atoms with Crippen LogP contribution in [-0.4, -0.2) is 16.7 Å². The Balaban J connectivity index is 1.39. The van der Waals surface area contributed by atoms with Gasteiger partial charge in [0.25, 0.3) is 0 Å². The summed E-state index contributed by atoms with van der Waals surface area (Å²) < 4.78 is 19.3. The summed E-state index contributed by atoms with van der Waals surface area (Å²) in [4.78, 5) is 12.5. The number of halogens is 1. The number of carbonyl (C=O) groups excluding carboxylic acids is 1. The van der Waals surface area contributed by atoms with Crippen molar-refractivity contribution in [2.45, 2.75) is 91.5 Å². The number of carbonyl (C=O) groups is 1. The van der Waals surface area contributed by atoms with Crippen molar-refractivity contribution in [2.24, 2.45) is 40.4 Å². The van der Waals surface area contributed by atoms with Gasteiger partial charge in [0.1, 0.15) is 11.6 Å². The lowest BCUT2D eigenvalue weighted by Gasteiger charge is -2.60. The highest BCUT2D eigenvalue weighted by Crippen LogP contribution is 2.68. The van der Waals surface area contributed by atoms with Gasteiger partial charge >= 0.3 is 0 Å². The molecule has 3 saturated carbocycles. The Morgan fingerprint density at radius 1 is 1.09 bits per heavy atom. The summed E-state index contributed by atoms with van der Waals surface area (Å²) in [5.41, 5.74) is 2.49. The van der Waals surface area contributed by atoms with Gasteiger partial charge in [-0.3, -0.25) is 4.79 Å². The predicted molar refractivity (Wildman–Crippen MR) is 131 cm³/mol. The third-order valence-corrected chi connectivity index (χ3v) is 10.7. The van der Waals surface area contributed by atoms with Crippen LogP contribution in [0, 0.1) is 46.2 Å². The second-order valence-corrected chi connectivity index (χ2v) is 12.3. The molecule has 0 amide bonds. The van der Waals surface area contributed by atoms with Gasteiger partial charge in [-0.15, -0.1) is 0 Å². The number of rotatable bonds is 5. The van der Waals surface area contributed by atoms with Crippen LogP contribution in [0.25, 0.3) is 0 Å². The first-order valence-corrected chi connectivity index (χ1v) is 13.4. The van der Waals surface area contributed by atoms with Crippen molar-refractivity contribution in [2.75, 3.05) is 0 Å². The van der Waals surface area contributed by atoms with Crippen LogP contribution in [-0.2, 0) is 16.1 Å². The molecule has 0 aromatic heterocycles. The van der Waals surface area contributed by atoms with Crippen molar-refractivity contribution < 1.29 is 19.0 Å². The van der Waals surface area contributed by atoms with E-state index in [9.17, 15) is 14.3 Å². The first-order chi connectivity index (χ1) is 16.1. The number of fused-ring (bicyclic) bond motifs is 5. The molecule has 3 nitrogen and oxygen atoms in total. The number of benzene rings is 1.